The molecule has 552 valence electrons. The number of guanidine groups is 3. The van der Waals surface area contributed by atoms with Crippen molar-refractivity contribution in [3.63, 3.8) is 0 Å². The van der Waals surface area contributed by atoms with Crippen LogP contribution in [0.3, 0.4) is 0 Å². The summed E-state index contributed by atoms with van der Waals surface area (Å²) in [6.45, 7) is 17.5. The summed E-state index contributed by atoms with van der Waals surface area (Å²) in [5.74, 6) is -8.36. The number of anilines is 2. The summed E-state index contributed by atoms with van der Waals surface area (Å²) in [7, 11) is 0. The largest absolute Gasteiger partial charge is 0.479 e. The first kappa shape index (κ1) is 82.0. The van der Waals surface area contributed by atoms with E-state index in [-0.39, 0.29) is 19.0 Å². The van der Waals surface area contributed by atoms with E-state index in [1.807, 2.05) is 12.1 Å². The fraction of sp³-hybridized carbons (Fsp3) is 0.400. The number of rotatable bonds is 19. The van der Waals surface area contributed by atoms with Crippen LogP contribution in [0.4, 0.5) is 17.1 Å². The van der Waals surface area contributed by atoms with E-state index in [1.54, 1.807) is 42.9 Å². The van der Waals surface area contributed by atoms with E-state index in [1.165, 1.54) is 79.6 Å². The minimum atomic E-state index is -1.35. The van der Waals surface area contributed by atoms with Gasteiger partial charge in [-0.1, -0.05) is 0 Å². The average Bonchev–Trinajstić information content (AvgIpc) is 1.38. The highest BCUT2D eigenvalue weighted by Gasteiger charge is 2.41. The molecule has 3 aromatic carbocycles. The number of aliphatic imine (C=N–C) groups is 3. The number of aromatic nitrogens is 4. The highest BCUT2D eigenvalue weighted by molar-refractivity contribution is 9.11. The third-order valence-electron chi connectivity index (χ3n) is 14.0. The number of hydrogen-bond acceptors (Lipinski definition) is 32. The Morgan fingerprint density at radius 1 is 0.500 bits per heavy atom. The first-order valence-electron chi connectivity index (χ1n) is 31.4. The molecule has 9 rings (SSSR count). The zero-order chi connectivity index (χ0) is 76.8. The average molecular weight is 1640 g/mol. The SMILES string of the molecule is Brc1c(NC2=NCCN2)ccc2c1=N[C+]=CN=2.CC(=O)O[C@@H](C)C(=O)O[C@@H](C)C(=O)N1CCN(C(=O)[C@H](C)OC(=O)[C@H](C)OC(C)=O)C1=Nc1ccc2nccnc2c1Br.CC(=O)O[C@@H](C)C(=O)O[C@@H](C)C(=O)N1CCN=C1Nc1ccc2nccnc2c1Br.CC(=O)O[C@@H](C)C(=O)O[C@@H](C)C(=O)O. The second-order valence-corrected chi connectivity index (χ2v) is 24.5. The van der Waals surface area contributed by atoms with Crippen molar-refractivity contribution in [2.75, 3.05) is 49.9 Å². The number of hydrogen-bond donors (Lipinski definition) is 4. The van der Waals surface area contributed by atoms with Crippen LogP contribution in [0, 0.1) is 6.20 Å². The molecule has 0 unspecified atom stereocenters. The van der Waals surface area contributed by atoms with E-state index in [0.717, 1.165) is 76.0 Å². The number of halogens is 3. The van der Waals surface area contributed by atoms with Gasteiger partial charge in [-0.15, -0.1) is 0 Å². The second kappa shape index (κ2) is 38.4. The molecule has 2 aromatic heterocycles. The van der Waals surface area contributed by atoms with Crippen LogP contribution in [0.25, 0.3) is 22.1 Å². The number of nitrogens with zero attached hydrogens (tertiary/aromatic N) is 12. The molecule has 4 aliphatic rings. The summed E-state index contributed by atoms with van der Waals surface area (Å²) in [5.41, 5.74) is 4.30. The molecule has 8 atom stereocenters. The lowest BCUT2D eigenvalue weighted by Crippen LogP contribution is -2.48. The van der Waals surface area contributed by atoms with Gasteiger partial charge in [0.15, 0.2) is 70.8 Å². The van der Waals surface area contributed by atoms with Gasteiger partial charge in [-0.3, -0.25) is 78.2 Å². The fourth-order valence-electron chi connectivity index (χ4n) is 9.05. The molecule has 1 fully saturated rings. The van der Waals surface area contributed by atoms with Gasteiger partial charge in [0.25, 0.3) is 23.1 Å². The van der Waals surface area contributed by atoms with Crippen molar-refractivity contribution in [2.24, 2.45) is 25.0 Å². The van der Waals surface area contributed by atoms with Gasteiger partial charge in [-0.05, 0) is 140 Å². The van der Waals surface area contributed by atoms with E-state index >= 15 is 0 Å². The number of carboxylic acid groups (broad SMARTS) is 1. The lowest BCUT2D eigenvalue weighted by molar-refractivity contribution is -0.174. The van der Waals surface area contributed by atoms with Crippen LogP contribution in [-0.4, -0.2) is 217 Å². The van der Waals surface area contributed by atoms with Crippen LogP contribution in [-0.2, 0) is 95.4 Å². The Morgan fingerprint density at radius 2 is 0.933 bits per heavy atom. The lowest BCUT2D eigenvalue weighted by Gasteiger charge is -2.25. The molecule has 0 aliphatic carbocycles. The summed E-state index contributed by atoms with van der Waals surface area (Å²) >= 11 is 10.5. The number of fused-ring (bicyclic) bond motifs is 3. The number of benzene rings is 3. The van der Waals surface area contributed by atoms with Crippen molar-refractivity contribution in [3.05, 3.63) is 97.7 Å². The molecule has 39 heteroatoms. The zero-order valence-electron chi connectivity index (χ0n) is 57.8. The number of carboxylic acids is 1. The van der Waals surface area contributed by atoms with E-state index < -0.39 is 120 Å². The standard InChI is InChI=1S/C27H30BrN5O10.C19H20BrN5O5.C11H9BrN5.C8H12O6/c1-13(42-25(38)15(3)40-17(5)34)23(36)32-11-12-33(24(37)14(2)43-26(39)16(4)41-18(6)35)27(32)31-19-7-8-20-22(21(19)28)30-10-9-29-20;1-10(30-18(28)11(2)29-12(3)26)17(27)25-9-8-23-19(25)24-13-4-5-14-16(15(13)20)22-7-6-21-14;12-9-7(17-11-15-5-6-16-11)1-2-8-10(9)14-4-3-13-8;1-4(7(10)11)14-8(12)5(2)13-6(3)9/h7-10,13-16H,11-12H2,1-6H3;4-7,10-11H,8-9H2,1-3H3,(H,23,24);1-3H,5-6H2,(H2,15,16,17);4-5H,1-3H3,(H,10,11)/q;;+1;/t13-,14-,15-,16-;10-,11-;;4-,5-/m00.0/s1. The number of carbonyl (C=O) groups is 12. The maximum atomic E-state index is 13.5. The second-order valence-electron chi connectivity index (χ2n) is 22.1. The summed E-state index contributed by atoms with van der Waals surface area (Å²) in [5, 5.41) is 19.5. The minimum Gasteiger partial charge on any atom is -0.479 e. The maximum absolute atomic E-state index is 13.5. The van der Waals surface area contributed by atoms with Gasteiger partial charge in [0.2, 0.25) is 18.1 Å². The molecule has 4 N–H and O–H groups in total. The highest BCUT2D eigenvalue weighted by atomic mass is 79.9. The molecule has 0 saturated carbocycles. The molecule has 0 spiro atoms. The van der Waals surface area contributed by atoms with Crippen molar-refractivity contribution in [3.8, 4) is 0 Å². The minimum absolute atomic E-state index is 0.0413. The zero-order valence-corrected chi connectivity index (χ0v) is 62.6. The van der Waals surface area contributed by atoms with Crippen LogP contribution in [0.15, 0.2) is 106 Å². The molecule has 0 radical (unpaired) electrons. The first-order valence-corrected chi connectivity index (χ1v) is 33.8. The Bertz CT molecular complexity index is 4350. The Balaban J connectivity index is 0.000000239. The Morgan fingerprint density at radius 3 is 1.39 bits per heavy atom. The number of aliphatic carboxylic acids is 1. The van der Waals surface area contributed by atoms with Gasteiger partial charge >= 0.3 is 53.7 Å². The third kappa shape index (κ3) is 23.0. The quantitative estimate of drug-likeness (QED) is 0.0515. The third-order valence-corrected chi connectivity index (χ3v) is 16.4. The van der Waals surface area contributed by atoms with Gasteiger partial charge in [-0.2, -0.15) is 4.99 Å². The van der Waals surface area contributed by atoms with Gasteiger partial charge < -0.3 is 59.0 Å². The summed E-state index contributed by atoms with van der Waals surface area (Å²) in [6.07, 6.45) is 0.779. The molecule has 1 saturated heterocycles. The lowest BCUT2D eigenvalue weighted by atomic mass is 10.2. The van der Waals surface area contributed by atoms with Gasteiger partial charge in [0.1, 0.15) is 11.0 Å². The van der Waals surface area contributed by atoms with Crippen LogP contribution in [0.2, 0.25) is 0 Å². The highest BCUT2D eigenvalue weighted by Crippen LogP contribution is 2.33. The Hall–Kier alpha value is -10.9. The number of ether oxygens (including phenoxy) is 8. The van der Waals surface area contributed by atoms with Crippen molar-refractivity contribution in [2.45, 2.75) is 132 Å². The van der Waals surface area contributed by atoms with E-state index in [0.29, 0.717) is 55.9 Å². The summed E-state index contributed by atoms with van der Waals surface area (Å²) < 4.78 is 40.9. The van der Waals surface area contributed by atoms with E-state index in [2.05, 4.69) is 124 Å². The normalized spacial score (nSPS) is 15.4. The Kier molecular flexibility index (Phi) is 30.3. The van der Waals surface area contributed by atoms with Gasteiger partial charge in [0.05, 0.1) is 50.1 Å². The smallest absolute Gasteiger partial charge is 0.347 e. The van der Waals surface area contributed by atoms with E-state index in [9.17, 15) is 57.5 Å². The molecule has 3 amide bonds. The molecule has 104 heavy (non-hydrogen) atoms. The van der Waals surface area contributed by atoms with Crippen LogP contribution in [0.1, 0.15) is 83.1 Å². The van der Waals surface area contributed by atoms with Crippen LogP contribution < -0.4 is 26.7 Å². The van der Waals surface area contributed by atoms with Crippen molar-refractivity contribution in [1.29, 1.82) is 0 Å². The van der Waals surface area contributed by atoms with Crippen molar-refractivity contribution in [1.82, 2.24) is 40.0 Å². The molecule has 5 aromatic rings. The molecule has 36 nitrogen and oxygen atoms in total. The predicted octanol–water partition coefficient (Wildman–Crippen LogP) is 4.00. The molecule has 6 heterocycles. The van der Waals surface area contributed by atoms with Crippen LogP contribution in [0.5, 0.6) is 0 Å². The van der Waals surface area contributed by atoms with Crippen molar-refractivity contribution >= 4 is 176 Å². The van der Waals surface area contributed by atoms with Crippen LogP contribution >= 0.6 is 47.8 Å². The monoisotopic (exact) mass is 1630 g/mol. The first-order chi connectivity index (χ1) is 49.2. The summed E-state index contributed by atoms with van der Waals surface area (Å²) in [6, 6.07) is 10.7. The van der Waals surface area contributed by atoms with E-state index in [4.69, 9.17) is 33.5 Å². The number of nitrogens with one attached hydrogen (secondary N) is 3. The van der Waals surface area contributed by atoms with Gasteiger partial charge in [-0.25, -0.2) is 29.0 Å². The number of carbonyl (C=O) groups excluding carboxylic acids is 11. The topological polar surface area (TPSA) is 458 Å². The maximum Gasteiger partial charge on any atom is 0.347 e. The predicted molar refractivity (Wildman–Crippen MR) is 376 cm³/mol. The number of esters is 8. The molecule has 0 bridgehead atoms. The summed E-state index contributed by atoms with van der Waals surface area (Å²) in [4.78, 5) is 184. The van der Waals surface area contributed by atoms with Gasteiger partial charge in [0, 0.05) is 83.7 Å². The molecule has 4 aliphatic heterocycles. The molecular weight excluding hydrogens is 1570 g/mol. The number of amides is 3. The fourth-order valence-corrected chi connectivity index (χ4v) is 10.6. The van der Waals surface area contributed by atoms with Crippen molar-refractivity contribution < 1.29 is 101 Å². The molecular formula is C65H71Br3N15O21+. The Labute approximate surface area is 617 Å².